The van der Waals surface area contributed by atoms with Crippen molar-refractivity contribution in [3.8, 4) is 0 Å². The first-order valence-electron chi connectivity index (χ1n) is 6.28. The number of rotatable bonds is 4. The monoisotopic (exact) mass is 233 g/mol. The summed E-state index contributed by atoms with van der Waals surface area (Å²) in [4.78, 5) is 12.1. The Morgan fingerprint density at radius 2 is 1.82 bits per heavy atom. The van der Waals surface area contributed by atoms with Crippen molar-refractivity contribution in [3.63, 3.8) is 0 Å². The Balaban J connectivity index is 2.62. The van der Waals surface area contributed by atoms with Crippen molar-refractivity contribution < 1.29 is 4.79 Å². The fraction of sp³-hybridized carbons (Fsp3) is 0.533. The molecule has 0 bridgehead atoms. The number of hydrogen-bond acceptors (Lipinski definition) is 1. The average Bonchev–Trinajstić information content (AvgIpc) is 2.26. The highest BCUT2D eigenvalue weighted by atomic mass is 16.1. The number of carbonyl (C=O) groups is 1. The van der Waals surface area contributed by atoms with Gasteiger partial charge in [0, 0.05) is 11.6 Å². The van der Waals surface area contributed by atoms with Crippen LogP contribution in [0.5, 0.6) is 0 Å². The van der Waals surface area contributed by atoms with Crippen LogP contribution in [0, 0.1) is 11.3 Å². The summed E-state index contributed by atoms with van der Waals surface area (Å²) in [7, 11) is 0. The lowest BCUT2D eigenvalue weighted by atomic mass is 9.83. The minimum atomic E-state index is 0.0928. The van der Waals surface area contributed by atoms with Gasteiger partial charge in [-0.1, -0.05) is 45.9 Å². The number of amides is 1. The minimum Gasteiger partial charge on any atom is -0.326 e. The zero-order valence-corrected chi connectivity index (χ0v) is 11.3. The van der Waals surface area contributed by atoms with Crippen molar-refractivity contribution in [1.29, 1.82) is 0 Å². The highest BCUT2D eigenvalue weighted by Crippen LogP contribution is 2.27. The highest BCUT2D eigenvalue weighted by molar-refractivity contribution is 5.92. The molecule has 0 saturated heterocycles. The Morgan fingerprint density at radius 1 is 1.24 bits per heavy atom. The van der Waals surface area contributed by atoms with Gasteiger partial charge in [-0.15, -0.1) is 0 Å². The SMILES string of the molecule is CCC(CC(C)(C)C)C(=O)Nc1ccccc1. The second-order valence-corrected chi connectivity index (χ2v) is 5.73. The van der Waals surface area contributed by atoms with Crippen LogP contribution in [0.25, 0.3) is 0 Å². The Labute approximate surface area is 104 Å². The van der Waals surface area contributed by atoms with Gasteiger partial charge >= 0.3 is 0 Å². The third kappa shape index (κ3) is 5.03. The molecular formula is C15H23NO. The average molecular weight is 233 g/mol. The van der Waals surface area contributed by atoms with E-state index in [4.69, 9.17) is 0 Å². The number of nitrogens with one attached hydrogen (secondary N) is 1. The second kappa shape index (κ2) is 5.85. The molecule has 1 aromatic rings. The van der Waals surface area contributed by atoms with E-state index in [2.05, 4.69) is 33.0 Å². The van der Waals surface area contributed by atoms with E-state index in [0.29, 0.717) is 0 Å². The smallest absolute Gasteiger partial charge is 0.227 e. The van der Waals surface area contributed by atoms with E-state index < -0.39 is 0 Å². The molecule has 0 fully saturated rings. The second-order valence-electron chi connectivity index (χ2n) is 5.73. The standard InChI is InChI=1S/C15H23NO/c1-5-12(11-15(2,3)4)14(17)16-13-9-7-6-8-10-13/h6-10,12H,5,11H2,1-4H3,(H,16,17). The zero-order valence-electron chi connectivity index (χ0n) is 11.3. The number of benzene rings is 1. The van der Waals surface area contributed by atoms with E-state index in [1.54, 1.807) is 0 Å². The molecule has 17 heavy (non-hydrogen) atoms. The molecule has 0 heterocycles. The zero-order chi connectivity index (χ0) is 12.9. The molecule has 1 rings (SSSR count). The van der Waals surface area contributed by atoms with Crippen LogP contribution < -0.4 is 5.32 Å². The molecule has 2 heteroatoms. The first-order valence-corrected chi connectivity index (χ1v) is 6.28. The molecule has 1 aromatic carbocycles. The van der Waals surface area contributed by atoms with Gasteiger partial charge in [-0.2, -0.15) is 0 Å². The molecular weight excluding hydrogens is 210 g/mol. The number of para-hydroxylation sites is 1. The maximum Gasteiger partial charge on any atom is 0.227 e. The van der Waals surface area contributed by atoms with Crippen LogP contribution in [-0.4, -0.2) is 5.91 Å². The lowest BCUT2D eigenvalue weighted by Gasteiger charge is -2.24. The van der Waals surface area contributed by atoms with Crippen molar-refractivity contribution in [2.75, 3.05) is 5.32 Å². The van der Waals surface area contributed by atoms with Crippen molar-refractivity contribution in [3.05, 3.63) is 30.3 Å². The Kier molecular flexibility index (Phi) is 4.73. The topological polar surface area (TPSA) is 29.1 Å². The van der Waals surface area contributed by atoms with Crippen LogP contribution in [0.2, 0.25) is 0 Å². The fourth-order valence-corrected chi connectivity index (χ4v) is 1.93. The van der Waals surface area contributed by atoms with E-state index in [9.17, 15) is 4.79 Å². The molecule has 0 aliphatic rings. The summed E-state index contributed by atoms with van der Waals surface area (Å²) >= 11 is 0. The lowest BCUT2D eigenvalue weighted by Crippen LogP contribution is -2.26. The van der Waals surface area contributed by atoms with E-state index in [1.165, 1.54) is 0 Å². The van der Waals surface area contributed by atoms with Gasteiger partial charge in [-0.3, -0.25) is 4.79 Å². The fourth-order valence-electron chi connectivity index (χ4n) is 1.93. The molecule has 1 atom stereocenters. The summed E-state index contributed by atoms with van der Waals surface area (Å²) in [6, 6.07) is 9.65. The highest BCUT2D eigenvalue weighted by Gasteiger charge is 2.23. The summed E-state index contributed by atoms with van der Waals surface area (Å²) in [5.41, 5.74) is 1.07. The molecule has 0 aromatic heterocycles. The molecule has 1 unspecified atom stereocenters. The van der Waals surface area contributed by atoms with Crippen molar-refractivity contribution >= 4 is 11.6 Å². The Bertz CT molecular complexity index is 351. The van der Waals surface area contributed by atoms with Gasteiger partial charge in [0.05, 0.1) is 0 Å². The van der Waals surface area contributed by atoms with Crippen LogP contribution in [0.3, 0.4) is 0 Å². The Hall–Kier alpha value is -1.31. The van der Waals surface area contributed by atoms with E-state index >= 15 is 0 Å². The molecule has 1 N–H and O–H groups in total. The quantitative estimate of drug-likeness (QED) is 0.834. The van der Waals surface area contributed by atoms with Crippen molar-refractivity contribution in [1.82, 2.24) is 0 Å². The molecule has 0 radical (unpaired) electrons. The largest absolute Gasteiger partial charge is 0.326 e. The summed E-state index contributed by atoms with van der Waals surface area (Å²) in [6.07, 6.45) is 1.80. The maximum absolute atomic E-state index is 12.1. The predicted octanol–water partition coefficient (Wildman–Crippen LogP) is 4.09. The summed E-state index contributed by atoms with van der Waals surface area (Å²) in [5.74, 6) is 0.226. The lowest BCUT2D eigenvalue weighted by molar-refractivity contribution is -0.120. The third-order valence-electron chi connectivity index (χ3n) is 2.76. The van der Waals surface area contributed by atoms with E-state index in [-0.39, 0.29) is 17.2 Å². The van der Waals surface area contributed by atoms with Crippen LogP contribution in [0.4, 0.5) is 5.69 Å². The number of carbonyl (C=O) groups excluding carboxylic acids is 1. The molecule has 1 amide bonds. The van der Waals surface area contributed by atoms with Crippen LogP contribution in [-0.2, 0) is 4.79 Å². The van der Waals surface area contributed by atoms with Gasteiger partial charge in [0.1, 0.15) is 0 Å². The molecule has 0 aliphatic carbocycles. The molecule has 94 valence electrons. The minimum absolute atomic E-state index is 0.0928. The molecule has 0 aliphatic heterocycles. The van der Waals surface area contributed by atoms with Crippen LogP contribution in [0.15, 0.2) is 30.3 Å². The molecule has 0 saturated carbocycles. The van der Waals surface area contributed by atoms with E-state index in [0.717, 1.165) is 18.5 Å². The maximum atomic E-state index is 12.1. The third-order valence-corrected chi connectivity index (χ3v) is 2.76. The van der Waals surface area contributed by atoms with Gasteiger partial charge in [0.15, 0.2) is 0 Å². The normalized spacial score (nSPS) is 13.2. The van der Waals surface area contributed by atoms with Gasteiger partial charge in [-0.05, 0) is 30.4 Å². The van der Waals surface area contributed by atoms with Gasteiger partial charge in [0.25, 0.3) is 0 Å². The first kappa shape index (κ1) is 13.8. The molecule has 2 nitrogen and oxygen atoms in total. The van der Waals surface area contributed by atoms with Crippen LogP contribution in [0.1, 0.15) is 40.5 Å². The predicted molar refractivity (Wildman–Crippen MR) is 72.9 cm³/mol. The molecule has 0 spiro atoms. The summed E-state index contributed by atoms with van der Waals surface area (Å²) in [5, 5.41) is 2.98. The van der Waals surface area contributed by atoms with Crippen molar-refractivity contribution in [2.45, 2.75) is 40.5 Å². The van der Waals surface area contributed by atoms with Gasteiger partial charge < -0.3 is 5.32 Å². The van der Waals surface area contributed by atoms with Gasteiger partial charge in [0.2, 0.25) is 5.91 Å². The number of hydrogen-bond donors (Lipinski definition) is 1. The van der Waals surface area contributed by atoms with Crippen molar-refractivity contribution in [2.24, 2.45) is 11.3 Å². The van der Waals surface area contributed by atoms with E-state index in [1.807, 2.05) is 30.3 Å². The first-order chi connectivity index (χ1) is 7.92. The van der Waals surface area contributed by atoms with Crippen LogP contribution >= 0.6 is 0 Å². The number of anilines is 1. The van der Waals surface area contributed by atoms with Gasteiger partial charge in [-0.25, -0.2) is 0 Å². The summed E-state index contributed by atoms with van der Waals surface area (Å²) in [6.45, 7) is 8.59. The summed E-state index contributed by atoms with van der Waals surface area (Å²) < 4.78 is 0. The Morgan fingerprint density at radius 3 is 2.29 bits per heavy atom.